The smallest absolute Gasteiger partial charge is 0.251 e. The highest BCUT2D eigenvalue weighted by Crippen LogP contribution is 2.26. The third-order valence-corrected chi connectivity index (χ3v) is 4.07. The van der Waals surface area contributed by atoms with Crippen LogP contribution in [0.1, 0.15) is 49.4 Å². The van der Waals surface area contributed by atoms with E-state index in [2.05, 4.69) is 17.7 Å². The zero-order valence-corrected chi connectivity index (χ0v) is 11.5. The van der Waals surface area contributed by atoms with Gasteiger partial charge >= 0.3 is 0 Å². The minimum Gasteiger partial charge on any atom is -0.349 e. The summed E-state index contributed by atoms with van der Waals surface area (Å²) in [7, 11) is 0. The Balaban J connectivity index is 1.87. The Morgan fingerprint density at radius 3 is 2.37 bits per heavy atom. The molecule has 0 saturated heterocycles. The summed E-state index contributed by atoms with van der Waals surface area (Å²) in [6.45, 7) is 2.25. The molecule has 1 aromatic rings. The average molecular weight is 261 g/mol. The number of hydrogen-bond acceptors (Lipinski definition) is 3. The van der Waals surface area contributed by atoms with E-state index in [0.29, 0.717) is 11.6 Å². The van der Waals surface area contributed by atoms with Gasteiger partial charge < -0.3 is 10.7 Å². The molecule has 0 spiro atoms. The maximum atomic E-state index is 12.1. The molecule has 104 valence electrons. The van der Waals surface area contributed by atoms with Crippen LogP contribution in [0.3, 0.4) is 0 Å². The van der Waals surface area contributed by atoms with Gasteiger partial charge in [-0.15, -0.1) is 0 Å². The van der Waals surface area contributed by atoms with Gasteiger partial charge in [0.1, 0.15) is 0 Å². The molecule has 1 fully saturated rings. The zero-order chi connectivity index (χ0) is 13.7. The number of hydrazine groups is 1. The van der Waals surface area contributed by atoms with Crippen molar-refractivity contribution in [3.8, 4) is 0 Å². The fourth-order valence-corrected chi connectivity index (χ4v) is 2.70. The summed E-state index contributed by atoms with van der Waals surface area (Å²) in [5, 5.41) is 3.13. The van der Waals surface area contributed by atoms with E-state index in [-0.39, 0.29) is 5.91 Å². The monoisotopic (exact) mass is 261 g/mol. The predicted octanol–water partition coefficient (Wildman–Crippen LogP) is 2.67. The van der Waals surface area contributed by atoms with Crippen molar-refractivity contribution in [3.63, 3.8) is 0 Å². The predicted molar refractivity (Wildman–Crippen MR) is 77.8 cm³/mol. The standard InChI is InChI=1S/C15H23N3O/c1-2-11-3-7-13(8-4-11)17-15(19)12-5-9-14(18-16)10-6-12/h5-6,9-11,13,18H,2-4,7-8,16H2,1H3,(H,17,19). The van der Waals surface area contributed by atoms with Crippen molar-refractivity contribution in [2.24, 2.45) is 11.8 Å². The van der Waals surface area contributed by atoms with Gasteiger partial charge in [0, 0.05) is 17.3 Å². The van der Waals surface area contributed by atoms with Crippen LogP contribution in [-0.2, 0) is 0 Å². The molecule has 0 bridgehead atoms. The minimum atomic E-state index is 0.0171. The van der Waals surface area contributed by atoms with Gasteiger partial charge in [-0.05, 0) is 55.9 Å². The van der Waals surface area contributed by atoms with Crippen molar-refractivity contribution in [1.82, 2.24) is 5.32 Å². The van der Waals surface area contributed by atoms with Crippen LogP contribution in [0.5, 0.6) is 0 Å². The molecule has 1 aromatic carbocycles. The molecule has 1 aliphatic carbocycles. The highest BCUT2D eigenvalue weighted by Gasteiger charge is 2.21. The number of nitrogen functional groups attached to an aromatic ring is 1. The number of benzene rings is 1. The molecular formula is C15H23N3O. The summed E-state index contributed by atoms with van der Waals surface area (Å²) >= 11 is 0. The zero-order valence-electron chi connectivity index (χ0n) is 11.5. The fraction of sp³-hybridized carbons (Fsp3) is 0.533. The molecule has 0 aromatic heterocycles. The van der Waals surface area contributed by atoms with E-state index in [1.807, 2.05) is 12.1 Å². The van der Waals surface area contributed by atoms with E-state index in [0.717, 1.165) is 24.4 Å². The van der Waals surface area contributed by atoms with Gasteiger partial charge in [0.05, 0.1) is 0 Å². The fourth-order valence-electron chi connectivity index (χ4n) is 2.70. The number of rotatable bonds is 4. The van der Waals surface area contributed by atoms with Gasteiger partial charge in [-0.2, -0.15) is 0 Å². The number of nitrogens with two attached hydrogens (primary N) is 1. The summed E-state index contributed by atoms with van der Waals surface area (Å²) in [4.78, 5) is 12.1. The second-order valence-corrected chi connectivity index (χ2v) is 5.32. The second kappa shape index (κ2) is 6.57. The first-order chi connectivity index (χ1) is 9.22. The lowest BCUT2D eigenvalue weighted by molar-refractivity contribution is 0.0921. The van der Waals surface area contributed by atoms with Gasteiger partial charge in [-0.25, -0.2) is 0 Å². The Morgan fingerprint density at radius 1 is 1.21 bits per heavy atom. The van der Waals surface area contributed by atoms with E-state index in [9.17, 15) is 4.79 Å². The normalized spacial score (nSPS) is 22.8. The van der Waals surface area contributed by atoms with Crippen LogP contribution in [0, 0.1) is 5.92 Å². The van der Waals surface area contributed by atoms with Gasteiger partial charge in [0.2, 0.25) is 0 Å². The summed E-state index contributed by atoms with van der Waals surface area (Å²) in [5.41, 5.74) is 4.05. The Hall–Kier alpha value is -1.55. The maximum Gasteiger partial charge on any atom is 0.251 e. The largest absolute Gasteiger partial charge is 0.349 e. The van der Waals surface area contributed by atoms with E-state index in [4.69, 9.17) is 5.84 Å². The van der Waals surface area contributed by atoms with Crippen LogP contribution in [0.4, 0.5) is 5.69 Å². The van der Waals surface area contributed by atoms with Gasteiger partial charge in [0.25, 0.3) is 5.91 Å². The summed E-state index contributed by atoms with van der Waals surface area (Å²) < 4.78 is 0. The molecule has 2 rings (SSSR count). The Morgan fingerprint density at radius 2 is 1.84 bits per heavy atom. The summed E-state index contributed by atoms with van der Waals surface area (Å²) in [5.74, 6) is 6.17. The van der Waals surface area contributed by atoms with Crippen molar-refractivity contribution in [3.05, 3.63) is 29.8 Å². The SMILES string of the molecule is CCC1CCC(NC(=O)c2ccc(NN)cc2)CC1. The van der Waals surface area contributed by atoms with Crippen LogP contribution in [0.15, 0.2) is 24.3 Å². The quantitative estimate of drug-likeness (QED) is 0.576. The first-order valence-electron chi connectivity index (χ1n) is 7.10. The Bertz CT molecular complexity index is 408. The molecule has 0 heterocycles. The van der Waals surface area contributed by atoms with Crippen LogP contribution in [0.25, 0.3) is 0 Å². The van der Waals surface area contributed by atoms with Crippen molar-refractivity contribution in [1.29, 1.82) is 0 Å². The lowest BCUT2D eigenvalue weighted by Crippen LogP contribution is -2.37. The highest BCUT2D eigenvalue weighted by atomic mass is 16.1. The number of anilines is 1. The van der Waals surface area contributed by atoms with E-state index in [1.54, 1.807) is 12.1 Å². The number of carbonyl (C=O) groups is 1. The Kier molecular flexibility index (Phi) is 4.80. The van der Waals surface area contributed by atoms with Crippen molar-refractivity contribution >= 4 is 11.6 Å². The number of hydrogen-bond donors (Lipinski definition) is 3. The summed E-state index contributed by atoms with van der Waals surface area (Å²) in [6, 6.07) is 7.54. The number of nitrogens with one attached hydrogen (secondary N) is 2. The van der Waals surface area contributed by atoms with E-state index in [1.165, 1.54) is 19.3 Å². The molecule has 0 unspecified atom stereocenters. The molecule has 0 radical (unpaired) electrons. The third kappa shape index (κ3) is 3.70. The molecule has 4 N–H and O–H groups in total. The topological polar surface area (TPSA) is 67.2 Å². The minimum absolute atomic E-state index is 0.0171. The van der Waals surface area contributed by atoms with Gasteiger partial charge in [-0.3, -0.25) is 10.6 Å². The molecule has 4 heteroatoms. The van der Waals surface area contributed by atoms with Crippen LogP contribution < -0.4 is 16.6 Å². The van der Waals surface area contributed by atoms with Crippen LogP contribution >= 0.6 is 0 Å². The molecule has 1 saturated carbocycles. The second-order valence-electron chi connectivity index (χ2n) is 5.32. The van der Waals surface area contributed by atoms with Crippen molar-refractivity contribution < 1.29 is 4.79 Å². The van der Waals surface area contributed by atoms with E-state index >= 15 is 0 Å². The molecule has 0 aliphatic heterocycles. The van der Waals surface area contributed by atoms with E-state index < -0.39 is 0 Å². The van der Waals surface area contributed by atoms with Gasteiger partial charge in [0.15, 0.2) is 0 Å². The molecular weight excluding hydrogens is 238 g/mol. The van der Waals surface area contributed by atoms with Crippen LogP contribution in [0.2, 0.25) is 0 Å². The number of amides is 1. The molecule has 4 nitrogen and oxygen atoms in total. The lowest BCUT2D eigenvalue weighted by Gasteiger charge is -2.28. The lowest BCUT2D eigenvalue weighted by atomic mass is 9.84. The molecule has 19 heavy (non-hydrogen) atoms. The first kappa shape index (κ1) is 13.9. The molecule has 1 amide bonds. The number of carbonyl (C=O) groups excluding carboxylic acids is 1. The summed E-state index contributed by atoms with van der Waals surface area (Å²) in [6.07, 6.45) is 5.93. The van der Waals surface area contributed by atoms with Gasteiger partial charge in [-0.1, -0.05) is 13.3 Å². The molecule has 0 atom stereocenters. The third-order valence-electron chi connectivity index (χ3n) is 4.07. The van der Waals surface area contributed by atoms with Crippen LogP contribution in [-0.4, -0.2) is 11.9 Å². The molecule has 1 aliphatic rings. The van der Waals surface area contributed by atoms with Crippen molar-refractivity contribution in [2.45, 2.75) is 45.1 Å². The first-order valence-corrected chi connectivity index (χ1v) is 7.10. The maximum absolute atomic E-state index is 12.1. The van der Waals surface area contributed by atoms with Crippen molar-refractivity contribution in [2.75, 3.05) is 5.43 Å². The average Bonchev–Trinajstić information content (AvgIpc) is 2.48. The highest BCUT2D eigenvalue weighted by molar-refractivity contribution is 5.94. The Labute approximate surface area is 114 Å².